The molecule has 0 aliphatic carbocycles. The molecule has 0 unspecified atom stereocenters. The van der Waals surface area contributed by atoms with Crippen molar-refractivity contribution in [3.8, 4) is 0 Å². The summed E-state index contributed by atoms with van der Waals surface area (Å²) in [6, 6.07) is 9.15. The van der Waals surface area contributed by atoms with Crippen LogP contribution in [0.5, 0.6) is 0 Å². The van der Waals surface area contributed by atoms with Crippen LogP contribution in [-0.2, 0) is 0 Å². The van der Waals surface area contributed by atoms with Gasteiger partial charge in [-0.1, -0.05) is 17.3 Å². The molecule has 0 spiro atoms. The minimum absolute atomic E-state index is 0.0510. The third-order valence-corrected chi connectivity index (χ3v) is 2.73. The Hall–Kier alpha value is -2.63. The quantitative estimate of drug-likeness (QED) is 0.378. The molecule has 0 amide bonds. The van der Waals surface area contributed by atoms with Crippen molar-refractivity contribution in [2.45, 2.75) is 6.92 Å². The lowest BCUT2D eigenvalue weighted by atomic mass is 10.1. The SMILES string of the molecule is Cc1ccnc(N(C)c2ccccc2C(N)=NO)n1. The van der Waals surface area contributed by atoms with E-state index >= 15 is 0 Å². The maximum Gasteiger partial charge on any atom is 0.229 e. The lowest BCUT2D eigenvalue weighted by Crippen LogP contribution is -2.20. The van der Waals surface area contributed by atoms with Crippen LogP contribution in [0.2, 0.25) is 0 Å². The number of aromatic nitrogens is 2. The Morgan fingerprint density at radius 2 is 2.05 bits per heavy atom. The highest BCUT2D eigenvalue weighted by Crippen LogP contribution is 2.24. The molecule has 6 heteroatoms. The number of aryl methyl sites for hydroxylation is 1. The Labute approximate surface area is 111 Å². The second kappa shape index (κ2) is 5.34. The third-order valence-electron chi connectivity index (χ3n) is 2.73. The first-order valence-electron chi connectivity index (χ1n) is 5.74. The van der Waals surface area contributed by atoms with E-state index in [1.54, 1.807) is 17.2 Å². The molecular formula is C13H15N5O. The maximum atomic E-state index is 8.82. The van der Waals surface area contributed by atoms with E-state index in [9.17, 15) is 0 Å². The fourth-order valence-electron chi connectivity index (χ4n) is 1.74. The molecule has 2 rings (SSSR count). The number of amidine groups is 1. The lowest BCUT2D eigenvalue weighted by molar-refractivity contribution is 0.318. The number of nitrogens with zero attached hydrogens (tertiary/aromatic N) is 4. The summed E-state index contributed by atoms with van der Waals surface area (Å²) in [6.45, 7) is 1.90. The van der Waals surface area contributed by atoms with Crippen molar-refractivity contribution in [3.63, 3.8) is 0 Å². The summed E-state index contributed by atoms with van der Waals surface area (Å²) < 4.78 is 0. The predicted octanol–water partition coefficient (Wildman–Crippen LogP) is 1.65. The highest BCUT2D eigenvalue weighted by Gasteiger charge is 2.13. The summed E-state index contributed by atoms with van der Waals surface area (Å²) in [5.74, 6) is 0.605. The first-order chi connectivity index (χ1) is 9.13. The molecule has 0 aliphatic rings. The molecule has 6 nitrogen and oxygen atoms in total. The van der Waals surface area contributed by atoms with E-state index in [4.69, 9.17) is 10.9 Å². The van der Waals surface area contributed by atoms with Crippen LogP contribution in [0.3, 0.4) is 0 Å². The minimum atomic E-state index is 0.0510. The zero-order valence-corrected chi connectivity index (χ0v) is 10.8. The van der Waals surface area contributed by atoms with E-state index in [1.165, 1.54) is 0 Å². The first-order valence-corrected chi connectivity index (χ1v) is 5.74. The highest BCUT2D eigenvalue weighted by atomic mass is 16.4. The molecular weight excluding hydrogens is 242 g/mol. The van der Waals surface area contributed by atoms with Crippen molar-refractivity contribution in [3.05, 3.63) is 47.8 Å². The van der Waals surface area contributed by atoms with Gasteiger partial charge < -0.3 is 15.8 Å². The van der Waals surface area contributed by atoms with Crippen molar-refractivity contribution in [2.24, 2.45) is 10.9 Å². The lowest BCUT2D eigenvalue weighted by Gasteiger charge is -2.20. The summed E-state index contributed by atoms with van der Waals surface area (Å²) in [4.78, 5) is 10.4. The fourth-order valence-corrected chi connectivity index (χ4v) is 1.74. The van der Waals surface area contributed by atoms with Gasteiger partial charge in [0, 0.05) is 24.5 Å². The standard InChI is InChI=1S/C13H15N5O/c1-9-7-8-15-13(16-9)18(2)11-6-4-3-5-10(11)12(14)17-19/h3-8,19H,1-2H3,(H2,14,17). The van der Waals surface area contributed by atoms with Gasteiger partial charge in [0.25, 0.3) is 0 Å². The van der Waals surface area contributed by atoms with E-state index in [0.717, 1.165) is 11.4 Å². The van der Waals surface area contributed by atoms with Gasteiger partial charge in [0.1, 0.15) is 0 Å². The predicted molar refractivity (Wildman–Crippen MR) is 73.8 cm³/mol. The summed E-state index contributed by atoms with van der Waals surface area (Å²) in [5, 5.41) is 11.9. The van der Waals surface area contributed by atoms with Crippen molar-refractivity contribution in [1.29, 1.82) is 0 Å². The van der Waals surface area contributed by atoms with Crippen molar-refractivity contribution >= 4 is 17.5 Å². The second-order valence-corrected chi connectivity index (χ2v) is 4.06. The van der Waals surface area contributed by atoms with E-state index in [0.29, 0.717) is 11.5 Å². The number of anilines is 2. The molecule has 1 aromatic heterocycles. The summed E-state index contributed by atoms with van der Waals surface area (Å²) in [7, 11) is 1.83. The van der Waals surface area contributed by atoms with E-state index < -0.39 is 0 Å². The maximum absolute atomic E-state index is 8.82. The van der Waals surface area contributed by atoms with Crippen LogP contribution in [0.1, 0.15) is 11.3 Å². The number of hydrogen-bond donors (Lipinski definition) is 2. The van der Waals surface area contributed by atoms with Gasteiger partial charge in [-0.15, -0.1) is 0 Å². The van der Waals surface area contributed by atoms with Crippen molar-refractivity contribution in [1.82, 2.24) is 9.97 Å². The first kappa shape index (κ1) is 12.8. The molecule has 0 saturated heterocycles. The smallest absolute Gasteiger partial charge is 0.229 e. The van der Waals surface area contributed by atoms with E-state index in [1.807, 2.05) is 38.2 Å². The zero-order chi connectivity index (χ0) is 13.8. The molecule has 0 bridgehead atoms. The van der Waals surface area contributed by atoms with Gasteiger partial charge in [-0.2, -0.15) is 0 Å². The monoisotopic (exact) mass is 257 g/mol. The van der Waals surface area contributed by atoms with Gasteiger partial charge in [-0.05, 0) is 25.1 Å². The molecule has 0 atom stereocenters. The van der Waals surface area contributed by atoms with Crippen molar-refractivity contribution < 1.29 is 5.21 Å². The van der Waals surface area contributed by atoms with Crippen LogP contribution in [-0.4, -0.2) is 28.1 Å². The largest absolute Gasteiger partial charge is 0.409 e. The number of nitrogens with two attached hydrogens (primary N) is 1. The van der Waals surface area contributed by atoms with Crippen LogP contribution in [0, 0.1) is 6.92 Å². The Kier molecular flexibility index (Phi) is 3.61. The normalized spacial score (nSPS) is 11.4. The molecule has 3 N–H and O–H groups in total. The third kappa shape index (κ3) is 2.62. The number of para-hydroxylation sites is 1. The summed E-state index contributed by atoms with van der Waals surface area (Å²) >= 11 is 0. The second-order valence-electron chi connectivity index (χ2n) is 4.06. The number of benzene rings is 1. The van der Waals surface area contributed by atoms with Gasteiger partial charge in [0.2, 0.25) is 5.95 Å². The van der Waals surface area contributed by atoms with E-state index in [2.05, 4.69) is 15.1 Å². The number of rotatable bonds is 3. The van der Waals surface area contributed by atoms with Crippen LogP contribution < -0.4 is 10.6 Å². The van der Waals surface area contributed by atoms with Gasteiger partial charge in [-0.3, -0.25) is 0 Å². The van der Waals surface area contributed by atoms with Gasteiger partial charge in [0.05, 0.1) is 5.69 Å². The van der Waals surface area contributed by atoms with Crippen LogP contribution in [0.4, 0.5) is 11.6 Å². The molecule has 1 aromatic carbocycles. The Morgan fingerprint density at radius 3 is 2.74 bits per heavy atom. The minimum Gasteiger partial charge on any atom is -0.409 e. The average molecular weight is 257 g/mol. The molecule has 19 heavy (non-hydrogen) atoms. The van der Waals surface area contributed by atoms with Crippen molar-refractivity contribution in [2.75, 3.05) is 11.9 Å². The Balaban J connectivity index is 2.47. The van der Waals surface area contributed by atoms with Gasteiger partial charge >= 0.3 is 0 Å². The molecule has 0 saturated carbocycles. The fraction of sp³-hybridized carbons (Fsp3) is 0.154. The molecule has 2 aromatic rings. The molecule has 98 valence electrons. The van der Waals surface area contributed by atoms with Crippen LogP contribution >= 0.6 is 0 Å². The molecule has 0 aliphatic heterocycles. The zero-order valence-electron chi connectivity index (χ0n) is 10.8. The average Bonchev–Trinajstić information content (AvgIpc) is 2.45. The number of oxime groups is 1. The van der Waals surface area contributed by atoms with E-state index in [-0.39, 0.29) is 5.84 Å². The summed E-state index contributed by atoms with van der Waals surface area (Å²) in [6.07, 6.45) is 1.69. The van der Waals surface area contributed by atoms with Crippen LogP contribution in [0.25, 0.3) is 0 Å². The molecule has 0 fully saturated rings. The molecule has 1 heterocycles. The van der Waals surface area contributed by atoms with Gasteiger partial charge in [-0.25, -0.2) is 9.97 Å². The Bertz CT molecular complexity index is 611. The Morgan fingerprint density at radius 1 is 1.32 bits per heavy atom. The summed E-state index contributed by atoms with van der Waals surface area (Å²) in [5.41, 5.74) is 7.94. The topological polar surface area (TPSA) is 87.6 Å². The van der Waals surface area contributed by atoms with Gasteiger partial charge in [0.15, 0.2) is 5.84 Å². The van der Waals surface area contributed by atoms with Crippen LogP contribution in [0.15, 0.2) is 41.7 Å². The number of hydrogen-bond acceptors (Lipinski definition) is 5. The highest BCUT2D eigenvalue weighted by molar-refractivity contribution is 6.02. The molecule has 0 radical (unpaired) electrons.